The van der Waals surface area contributed by atoms with Crippen LogP contribution >= 0.6 is 0 Å². The van der Waals surface area contributed by atoms with Crippen LogP contribution < -0.4 is 21.5 Å². The number of anilines is 1. The summed E-state index contributed by atoms with van der Waals surface area (Å²) in [5.74, 6) is -1.32. The highest BCUT2D eigenvalue weighted by molar-refractivity contribution is 5.99. The molecule has 8 heteroatoms. The zero-order valence-electron chi connectivity index (χ0n) is 10.1. The number of hydrogen-bond donors (Lipinski definition) is 3. The minimum atomic E-state index is -1.03. The number of nitrogen functional groups attached to an aromatic ring is 1. The van der Waals surface area contributed by atoms with Crippen molar-refractivity contribution in [3.8, 4) is 5.75 Å². The Hall–Kier alpha value is -2.77. The summed E-state index contributed by atoms with van der Waals surface area (Å²) in [4.78, 5) is 33.1. The van der Waals surface area contributed by atoms with Gasteiger partial charge in [0.25, 0.3) is 5.91 Å². The number of urea groups is 1. The Balaban J connectivity index is 2.69. The third-order valence-corrected chi connectivity index (χ3v) is 2.10. The number of ether oxygens (including phenoxy) is 2. The number of carbonyl (C=O) groups is 3. The molecule has 0 aliphatic heterocycles. The molecule has 19 heavy (non-hydrogen) atoms. The quantitative estimate of drug-likeness (QED) is 0.503. The molecule has 5 N–H and O–H groups in total. The van der Waals surface area contributed by atoms with E-state index in [-0.39, 0.29) is 11.3 Å². The van der Waals surface area contributed by atoms with Crippen molar-refractivity contribution < 1.29 is 23.9 Å². The van der Waals surface area contributed by atoms with E-state index in [1.165, 1.54) is 13.2 Å². The van der Waals surface area contributed by atoms with Crippen molar-refractivity contribution in [3.63, 3.8) is 0 Å². The molecule has 1 rings (SSSR count). The predicted octanol–water partition coefficient (Wildman–Crippen LogP) is -0.371. The summed E-state index contributed by atoms with van der Waals surface area (Å²) in [6.07, 6.45) is 0. The first kappa shape index (κ1) is 14.3. The molecule has 0 fully saturated rings. The van der Waals surface area contributed by atoms with E-state index < -0.39 is 24.5 Å². The van der Waals surface area contributed by atoms with Crippen molar-refractivity contribution in [2.45, 2.75) is 0 Å². The molecule has 0 aliphatic carbocycles. The molecule has 0 spiro atoms. The van der Waals surface area contributed by atoms with E-state index in [0.717, 1.165) is 0 Å². The lowest BCUT2D eigenvalue weighted by atomic mass is 10.1. The maximum absolute atomic E-state index is 11.7. The minimum absolute atomic E-state index is 0.0613. The van der Waals surface area contributed by atoms with Gasteiger partial charge in [0.2, 0.25) is 0 Å². The van der Waals surface area contributed by atoms with Gasteiger partial charge in [0.15, 0.2) is 6.61 Å². The maximum atomic E-state index is 11.7. The Bertz CT molecular complexity index is 515. The number of benzene rings is 1. The number of primary amides is 1. The first-order valence-electron chi connectivity index (χ1n) is 5.14. The van der Waals surface area contributed by atoms with E-state index in [2.05, 4.69) is 4.74 Å². The number of methoxy groups -OCH3 is 1. The summed E-state index contributed by atoms with van der Waals surface area (Å²) in [6.45, 7) is -0.640. The number of para-hydroxylation sites is 1. The fraction of sp³-hybridized carbons (Fsp3) is 0.182. The van der Waals surface area contributed by atoms with Gasteiger partial charge >= 0.3 is 12.0 Å². The molecule has 0 aromatic heterocycles. The number of imide groups is 1. The fourth-order valence-electron chi connectivity index (χ4n) is 1.28. The molecule has 0 unspecified atom stereocenters. The van der Waals surface area contributed by atoms with Gasteiger partial charge < -0.3 is 20.9 Å². The van der Waals surface area contributed by atoms with Crippen LogP contribution in [0.4, 0.5) is 10.5 Å². The average Bonchev–Trinajstić information content (AvgIpc) is 2.35. The zero-order valence-corrected chi connectivity index (χ0v) is 10.1. The van der Waals surface area contributed by atoms with Gasteiger partial charge in [0.1, 0.15) is 5.75 Å². The predicted molar refractivity (Wildman–Crippen MR) is 65.4 cm³/mol. The van der Waals surface area contributed by atoms with Gasteiger partial charge in [-0.05, 0) is 12.1 Å². The maximum Gasteiger partial charge on any atom is 0.340 e. The lowest BCUT2D eigenvalue weighted by Crippen LogP contribution is -2.37. The summed E-state index contributed by atoms with van der Waals surface area (Å²) in [5, 5.41) is 1.75. The number of nitrogens with two attached hydrogens (primary N) is 2. The fourth-order valence-corrected chi connectivity index (χ4v) is 1.28. The van der Waals surface area contributed by atoms with E-state index in [1.807, 2.05) is 0 Å². The minimum Gasteiger partial charge on any atom is -0.495 e. The van der Waals surface area contributed by atoms with Gasteiger partial charge in [-0.2, -0.15) is 0 Å². The molecule has 102 valence electrons. The molecule has 0 radical (unpaired) electrons. The monoisotopic (exact) mass is 267 g/mol. The number of nitrogens with one attached hydrogen (secondary N) is 1. The van der Waals surface area contributed by atoms with Crippen LogP contribution in [-0.4, -0.2) is 31.6 Å². The van der Waals surface area contributed by atoms with Crippen LogP contribution in [0.15, 0.2) is 18.2 Å². The van der Waals surface area contributed by atoms with E-state index >= 15 is 0 Å². The zero-order chi connectivity index (χ0) is 14.4. The van der Waals surface area contributed by atoms with Crippen molar-refractivity contribution in [3.05, 3.63) is 23.8 Å². The van der Waals surface area contributed by atoms with E-state index in [4.69, 9.17) is 16.2 Å². The van der Waals surface area contributed by atoms with Crippen LogP contribution in [-0.2, 0) is 9.53 Å². The lowest BCUT2D eigenvalue weighted by molar-refractivity contribution is -0.123. The van der Waals surface area contributed by atoms with Crippen molar-refractivity contribution in [1.29, 1.82) is 0 Å². The summed E-state index contributed by atoms with van der Waals surface area (Å²) in [6, 6.07) is 3.52. The number of esters is 1. The van der Waals surface area contributed by atoms with Gasteiger partial charge in [0.05, 0.1) is 18.4 Å². The number of hydrogen-bond acceptors (Lipinski definition) is 6. The molecule has 3 amide bonds. The Morgan fingerprint density at radius 2 is 2.00 bits per heavy atom. The van der Waals surface area contributed by atoms with E-state index in [0.29, 0.717) is 5.75 Å². The Labute approximate surface area is 108 Å². The molecule has 0 bridgehead atoms. The lowest BCUT2D eigenvalue weighted by Gasteiger charge is -2.09. The molecule has 0 aliphatic rings. The highest BCUT2D eigenvalue weighted by Crippen LogP contribution is 2.25. The Morgan fingerprint density at radius 3 is 2.58 bits per heavy atom. The third-order valence-electron chi connectivity index (χ3n) is 2.10. The number of rotatable bonds is 4. The van der Waals surface area contributed by atoms with Gasteiger partial charge in [-0.15, -0.1) is 0 Å². The molecular formula is C11H13N3O5. The molecule has 8 nitrogen and oxygen atoms in total. The normalized spacial score (nSPS) is 9.53. The topological polar surface area (TPSA) is 134 Å². The Kier molecular flexibility index (Phi) is 4.69. The van der Waals surface area contributed by atoms with Crippen molar-refractivity contribution in [2.75, 3.05) is 19.5 Å². The SMILES string of the molecule is COc1cccc(C(=O)OCC(=O)NC(N)=O)c1N. The van der Waals surface area contributed by atoms with Crippen molar-refractivity contribution in [1.82, 2.24) is 5.32 Å². The summed E-state index contributed by atoms with van der Waals surface area (Å²) in [5.41, 5.74) is 10.6. The van der Waals surface area contributed by atoms with Crippen molar-refractivity contribution in [2.24, 2.45) is 5.73 Å². The highest BCUT2D eigenvalue weighted by atomic mass is 16.5. The molecule has 0 atom stereocenters. The van der Waals surface area contributed by atoms with Crippen LogP contribution in [0.2, 0.25) is 0 Å². The second-order valence-corrected chi connectivity index (χ2v) is 3.41. The Morgan fingerprint density at radius 1 is 1.32 bits per heavy atom. The van der Waals surface area contributed by atoms with Crippen molar-refractivity contribution >= 4 is 23.6 Å². The van der Waals surface area contributed by atoms with Gasteiger partial charge in [-0.3, -0.25) is 10.1 Å². The van der Waals surface area contributed by atoms with Crippen LogP contribution in [0.1, 0.15) is 10.4 Å². The first-order valence-corrected chi connectivity index (χ1v) is 5.14. The standard InChI is InChI=1S/C11H13N3O5/c1-18-7-4-2-3-6(9(7)12)10(16)19-5-8(15)14-11(13)17/h2-4H,5,12H2,1H3,(H3,13,14,15,17). The van der Waals surface area contributed by atoms with Gasteiger partial charge in [0, 0.05) is 0 Å². The summed E-state index contributed by atoms with van der Waals surface area (Å²) >= 11 is 0. The van der Waals surface area contributed by atoms with Gasteiger partial charge in [-0.1, -0.05) is 6.07 Å². The second kappa shape index (κ2) is 6.24. The average molecular weight is 267 g/mol. The molecular weight excluding hydrogens is 254 g/mol. The first-order chi connectivity index (χ1) is 8.95. The molecule has 1 aromatic rings. The number of amides is 3. The van der Waals surface area contributed by atoms with E-state index in [9.17, 15) is 14.4 Å². The molecule has 0 heterocycles. The van der Waals surface area contributed by atoms with Crippen LogP contribution in [0, 0.1) is 0 Å². The molecule has 1 aromatic carbocycles. The van der Waals surface area contributed by atoms with Gasteiger partial charge in [-0.25, -0.2) is 9.59 Å². The molecule has 0 saturated carbocycles. The highest BCUT2D eigenvalue weighted by Gasteiger charge is 2.16. The summed E-state index contributed by atoms with van der Waals surface area (Å²) < 4.78 is 9.62. The van der Waals surface area contributed by atoms with Crippen LogP contribution in [0.5, 0.6) is 5.75 Å². The summed E-state index contributed by atoms with van der Waals surface area (Å²) in [7, 11) is 1.40. The van der Waals surface area contributed by atoms with E-state index in [1.54, 1.807) is 17.4 Å². The van der Waals surface area contributed by atoms with Crippen LogP contribution in [0.25, 0.3) is 0 Å². The second-order valence-electron chi connectivity index (χ2n) is 3.41. The number of carbonyl (C=O) groups excluding carboxylic acids is 3. The molecule has 0 saturated heterocycles. The largest absolute Gasteiger partial charge is 0.495 e. The van der Waals surface area contributed by atoms with Crippen LogP contribution in [0.3, 0.4) is 0 Å². The smallest absolute Gasteiger partial charge is 0.340 e. The third kappa shape index (κ3) is 3.87.